The lowest BCUT2D eigenvalue weighted by Gasteiger charge is -2.07. The van der Waals surface area contributed by atoms with E-state index in [1.54, 1.807) is 11.3 Å². The zero-order chi connectivity index (χ0) is 21.9. The van der Waals surface area contributed by atoms with E-state index in [1.165, 1.54) is 0 Å². The number of nitrogens with zero attached hydrogens (tertiary/aromatic N) is 2. The zero-order valence-electron chi connectivity index (χ0n) is 17.3. The fourth-order valence-electron chi connectivity index (χ4n) is 2.94. The summed E-state index contributed by atoms with van der Waals surface area (Å²) in [6.45, 7) is 5.07. The minimum absolute atomic E-state index is 0.146. The number of benzene rings is 2. The predicted molar refractivity (Wildman–Crippen MR) is 133 cm³/mol. The van der Waals surface area contributed by atoms with Gasteiger partial charge in [-0.2, -0.15) is 0 Å². The van der Waals surface area contributed by atoms with Crippen molar-refractivity contribution in [3.05, 3.63) is 99.5 Å². The molecule has 0 saturated carbocycles. The van der Waals surface area contributed by atoms with Gasteiger partial charge in [0.2, 0.25) is 0 Å². The van der Waals surface area contributed by atoms with Crippen LogP contribution in [0.25, 0.3) is 5.70 Å². The monoisotopic (exact) mass is 451 g/mol. The van der Waals surface area contributed by atoms with E-state index in [2.05, 4.69) is 22.3 Å². The van der Waals surface area contributed by atoms with Crippen LogP contribution < -0.4 is 5.32 Å². The Kier molecular flexibility index (Phi) is 9.03. The van der Waals surface area contributed by atoms with Gasteiger partial charge in [0.1, 0.15) is 0 Å². The third-order valence-electron chi connectivity index (χ3n) is 4.57. The first-order chi connectivity index (χ1) is 15.1. The number of hydrogen-bond donors (Lipinski definition) is 2. The maximum atomic E-state index is 9.06. The quantitative estimate of drug-likeness (QED) is 0.268. The van der Waals surface area contributed by atoms with Crippen molar-refractivity contribution >= 4 is 40.5 Å². The first-order valence-electron chi connectivity index (χ1n) is 10.2. The molecule has 1 aromatic heterocycles. The van der Waals surface area contributed by atoms with E-state index < -0.39 is 0 Å². The highest BCUT2D eigenvalue weighted by molar-refractivity contribution is 7.07. The van der Waals surface area contributed by atoms with Gasteiger partial charge in [-0.1, -0.05) is 48.0 Å². The number of allylic oxidation sites excluding steroid dienone is 2. The van der Waals surface area contributed by atoms with Crippen LogP contribution in [0, 0.1) is 0 Å². The number of aliphatic hydroxyl groups excluding tert-OH is 1. The van der Waals surface area contributed by atoms with Crippen molar-refractivity contribution in [1.29, 1.82) is 0 Å². The molecule has 3 aromatic rings. The molecule has 0 unspecified atom stereocenters. The number of aliphatic hydroxyl groups is 1. The van der Waals surface area contributed by atoms with Gasteiger partial charge in [-0.3, -0.25) is 4.99 Å². The molecular weight excluding hydrogens is 426 g/mol. The van der Waals surface area contributed by atoms with Crippen LogP contribution in [0.15, 0.2) is 82.6 Å². The summed E-state index contributed by atoms with van der Waals surface area (Å²) in [6.07, 6.45) is 6.09. The summed E-state index contributed by atoms with van der Waals surface area (Å²) in [6, 6.07) is 15.8. The molecule has 6 heteroatoms. The first kappa shape index (κ1) is 22.9. The number of nitrogens with one attached hydrogen (secondary N) is 1. The number of thiazole rings is 1. The van der Waals surface area contributed by atoms with Gasteiger partial charge in [0.15, 0.2) is 0 Å². The van der Waals surface area contributed by atoms with E-state index in [9.17, 15) is 0 Å². The van der Waals surface area contributed by atoms with Crippen LogP contribution in [-0.4, -0.2) is 29.5 Å². The van der Waals surface area contributed by atoms with Crippen LogP contribution in [0.4, 0.5) is 5.69 Å². The fourth-order valence-corrected chi connectivity index (χ4v) is 3.72. The molecule has 0 spiro atoms. The van der Waals surface area contributed by atoms with Crippen LogP contribution in [-0.2, 0) is 6.42 Å². The molecule has 0 amide bonds. The molecule has 2 N–H and O–H groups in total. The minimum Gasteiger partial charge on any atom is -0.396 e. The molecule has 3 rings (SSSR count). The van der Waals surface area contributed by atoms with E-state index in [4.69, 9.17) is 21.7 Å². The molecule has 0 aliphatic heterocycles. The Bertz CT molecular complexity index is 1030. The summed E-state index contributed by atoms with van der Waals surface area (Å²) in [5.41, 5.74) is 7.67. The van der Waals surface area contributed by atoms with Gasteiger partial charge in [-0.25, -0.2) is 4.98 Å². The highest BCUT2D eigenvalue weighted by Crippen LogP contribution is 2.22. The minimum atomic E-state index is 0.146. The first-order valence-corrected chi connectivity index (χ1v) is 11.5. The third-order valence-corrected chi connectivity index (χ3v) is 5.44. The number of anilines is 1. The van der Waals surface area contributed by atoms with Crippen molar-refractivity contribution in [2.45, 2.75) is 19.3 Å². The molecule has 0 aliphatic rings. The lowest BCUT2D eigenvalue weighted by molar-refractivity contribution is 0.289. The Morgan fingerprint density at radius 1 is 1.23 bits per heavy atom. The summed E-state index contributed by atoms with van der Waals surface area (Å²) in [4.78, 5) is 9.00. The van der Waals surface area contributed by atoms with E-state index >= 15 is 0 Å². The molecular formula is C25H26ClN3OS. The van der Waals surface area contributed by atoms with Crippen LogP contribution in [0.1, 0.15) is 29.7 Å². The number of halogens is 1. The summed E-state index contributed by atoms with van der Waals surface area (Å²) in [5.74, 6) is 0. The standard InChI is InChI=1S/C25H26ClN3OS/c1-19(4-3-13-30)14-25(21-5-2-6-22(26)15-21)28-16-20-7-9-23(10-8-20)27-12-11-24-17-31-18-29-24/h2,5-10,14-18,27,30H,1,3-4,11-13H2/b25-14-,28-16+. The number of rotatable bonds is 11. The average Bonchev–Trinajstić information content (AvgIpc) is 3.29. The second-order valence-corrected chi connectivity index (χ2v) is 8.22. The van der Waals surface area contributed by atoms with Crippen LogP contribution in [0.5, 0.6) is 0 Å². The second-order valence-electron chi connectivity index (χ2n) is 7.06. The fraction of sp³-hybridized carbons (Fsp3) is 0.200. The van der Waals surface area contributed by atoms with Gasteiger partial charge in [0.05, 0.1) is 16.9 Å². The lowest BCUT2D eigenvalue weighted by Crippen LogP contribution is -2.04. The molecule has 0 bridgehead atoms. The normalized spacial score (nSPS) is 11.7. The smallest absolute Gasteiger partial charge is 0.0794 e. The average molecular weight is 452 g/mol. The summed E-state index contributed by atoms with van der Waals surface area (Å²) >= 11 is 7.79. The van der Waals surface area contributed by atoms with Crippen molar-refractivity contribution in [3.8, 4) is 0 Å². The highest BCUT2D eigenvalue weighted by Gasteiger charge is 2.03. The Morgan fingerprint density at radius 2 is 2.06 bits per heavy atom. The van der Waals surface area contributed by atoms with Gasteiger partial charge in [0, 0.05) is 47.4 Å². The van der Waals surface area contributed by atoms with Crippen molar-refractivity contribution in [3.63, 3.8) is 0 Å². The molecule has 0 radical (unpaired) electrons. The largest absolute Gasteiger partial charge is 0.396 e. The molecule has 31 heavy (non-hydrogen) atoms. The van der Waals surface area contributed by atoms with Gasteiger partial charge in [0.25, 0.3) is 0 Å². The number of aliphatic imine (C=N–C) groups is 1. The van der Waals surface area contributed by atoms with Gasteiger partial charge in [-0.15, -0.1) is 11.3 Å². The number of hydrogen-bond acceptors (Lipinski definition) is 5. The van der Waals surface area contributed by atoms with Gasteiger partial charge >= 0.3 is 0 Å². The molecule has 4 nitrogen and oxygen atoms in total. The molecule has 160 valence electrons. The summed E-state index contributed by atoms with van der Waals surface area (Å²) in [5, 5.41) is 15.2. The second kappa shape index (κ2) is 12.2. The maximum Gasteiger partial charge on any atom is 0.0794 e. The van der Waals surface area contributed by atoms with Crippen molar-refractivity contribution < 1.29 is 5.11 Å². The predicted octanol–water partition coefficient (Wildman–Crippen LogP) is 6.24. The van der Waals surface area contributed by atoms with E-state index in [0.29, 0.717) is 11.4 Å². The number of aromatic nitrogens is 1. The molecule has 2 aromatic carbocycles. The zero-order valence-corrected chi connectivity index (χ0v) is 18.9. The highest BCUT2D eigenvalue weighted by atomic mass is 35.5. The van der Waals surface area contributed by atoms with Crippen molar-refractivity contribution in [1.82, 2.24) is 4.98 Å². The maximum absolute atomic E-state index is 9.06. The Balaban J connectivity index is 1.67. The lowest BCUT2D eigenvalue weighted by atomic mass is 10.1. The molecule has 1 heterocycles. The summed E-state index contributed by atoms with van der Waals surface area (Å²) < 4.78 is 0. The van der Waals surface area contributed by atoms with Gasteiger partial charge in [-0.05, 0) is 48.7 Å². The van der Waals surface area contributed by atoms with Crippen LogP contribution in [0.3, 0.4) is 0 Å². The molecule has 0 atom stereocenters. The Hall–Kier alpha value is -2.73. The SMILES string of the molecule is C=C(/C=C(\N=C\c1ccc(NCCc2cscn2)cc1)c1cccc(Cl)c1)CCCO. The van der Waals surface area contributed by atoms with Crippen molar-refractivity contribution in [2.24, 2.45) is 4.99 Å². The van der Waals surface area contributed by atoms with Crippen LogP contribution in [0.2, 0.25) is 5.02 Å². The summed E-state index contributed by atoms with van der Waals surface area (Å²) in [7, 11) is 0. The van der Waals surface area contributed by atoms with Crippen LogP contribution >= 0.6 is 22.9 Å². The molecule has 0 aliphatic carbocycles. The van der Waals surface area contributed by atoms with E-state index in [0.717, 1.165) is 53.2 Å². The molecule has 0 saturated heterocycles. The topological polar surface area (TPSA) is 57.5 Å². The molecule has 0 fully saturated rings. The van der Waals surface area contributed by atoms with E-state index in [1.807, 2.05) is 66.3 Å². The van der Waals surface area contributed by atoms with E-state index in [-0.39, 0.29) is 6.61 Å². The Morgan fingerprint density at radius 3 is 2.77 bits per heavy atom. The third kappa shape index (κ3) is 7.79. The van der Waals surface area contributed by atoms with Gasteiger partial charge < -0.3 is 10.4 Å². The Labute approximate surface area is 192 Å². The van der Waals surface area contributed by atoms with Crippen molar-refractivity contribution in [2.75, 3.05) is 18.5 Å².